The SMILES string of the molecule is CCOC(=O)[C@H]1[C@H]2C(=O)N(CCCCCO)[C@H](C(=O)Nc3ccc(N(CC)CC)cc3)[C@H]2C=C[C@H]1CC. The lowest BCUT2D eigenvalue weighted by atomic mass is 9.69. The van der Waals surface area contributed by atoms with E-state index in [0.29, 0.717) is 31.5 Å². The fourth-order valence-corrected chi connectivity index (χ4v) is 5.82. The number of nitrogens with one attached hydrogen (secondary N) is 1. The van der Waals surface area contributed by atoms with Crippen LogP contribution in [0.25, 0.3) is 0 Å². The lowest BCUT2D eigenvalue weighted by Gasteiger charge is -2.33. The molecule has 3 rings (SSSR count). The second kappa shape index (κ2) is 13.6. The average molecular weight is 514 g/mol. The third-order valence-electron chi connectivity index (χ3n) is 7.73. The maximum Gasteiger partial charge on any atom is 0.310 e. The summed E-state index contributed by atoms with van der Waals surface area (Å²) in [5.74, 6) is -2.50. The summed E-state index contributed by atoms with van der Waals surface area (Å²) in [5.41, 5.74) is 1.76. The summed E-state index contributed by atoms with van der Waals surface area (Å²) in [4.78, 5) is 44.4. The van der Waals surface area contributed by atoms with E-state index in [-0.39, 0.29) is 36.9 Å². The molecule has 1 aliphatic carbocycles. The third-order valence-corrected chi connectivity index (χ3v) is 7.73. The zero-order valence-electron chi connectivity index (χ0n) is 22.7. The Bertz CT molecular complexity index is 943. The smallest absolute Gasteiger partial charge is 0.310 e. The summed E-state index contributed by atoms with van der Waals surface area (Å²) >= 11 is 0. The van der Waals surface area contributed by atoms with Crippen LogP contribution in [0.3, 0.4) is 0 Å². The molecule has 0 saturated carbocycles. The maximum absolute atomic E-state index is 13.8. The van der Waals surface area contributed by atoms with Crippen LogP contribution in [0, 0.1) is 23.7 Å². The Kier molecular flexibility index (Phi) is 10.6. The Morgan fingerprint density at radius 1 is 1.03 bits per heavy atom. The number of esters is 1. The van der Waals surface area contributed by atoms with Crippen LogP contribution in [-0.4, -0.2) is 66.7 Å². The summed E-state index contributed by atoms with van der Waals surface area (Å²) in [6, 6.07) is 7.04. The number of amides is 2. The number of carbonyl (C=O) groups is 3. The fourth-order valence-electron chi connectivity index (χ4n) is 5.82. The molecule has 1 fully saturated rings. The molecule has 1 aliphatic heterocycles. The summed E-state index contributed by atoms with van der Waals surface area (Å²) < 4.78 is 5.38. The van der Waals surface area contributed by atoms with E-state index in [0.717, 1.165) is 25.2 Å². The first-order valence-corrected chi connectivity index (χ1v) is 13.8. The second-order valence-electron chi connectivity index (χ2n) is 9.81. The van der Waals surface area contributed by atoms with E-state index in [1.807, 2.05) is 43.3 Å². The molecule has 8 heteroatoms. The predicted octanol–water partition coefficient (Wildman–Crippen LogP) is 3.85. The molecule has 5 atom stereocenters. The molecule has 1 aromatic rings. The molecular weight excluding hydrogens is 470 g/mol. The first-order valence-electron chi connectivity index (χ1n) is 13.8. The molecule has 1 saturated heterocycles. The minimum atomic E-state index is -0.708. The van der Waals surface area contributed by atoms with Crippen LogP contribution in [-0.2, 0) is 19.1 Å². The number of anilines is 2. The molecule has 1 heterocycles. The lowest BCUT2D eigenvalue weighted by Crippen LogP contribution is -2.44. The molecular formula is C29H43N3O5. The quantitative estimate of drug-likeness (QED) is 0.236. The number of carbonyl (C=O) groups excluding carboxylic acids is 3. The van der Waals surface area contributed by atoms with Gasteiger partial charge in [-0.25, -0.2) is 0 Å². The Hall–Kier alpha value is -2.87. The highest BCUT2D eigenvalue weighted by Crippen LogP contribution is 2.45. The normalized spacial score (nSPS) is 24.6. The van der Waals surface area contributed by atoms with Crippen molar-refractivity contribution in [1.82, 2.24) is 4.90 Å². The van der Waals surface area contributed by atoms with Crippen LogP contribution in [0.1, 0.15) is 53.4 Å². The van der Waals surface area contributed by atoms with Crippen LogP contribution >= 0.6 is 0 Å². The summed E-state index contributed by atoms with van der Waals surface area (Å²) in [7, 11) is 0. The lowest BCUT2D eigenvalue weighted by molar-refractivity contribution is -0.155. The van der Waals surface area contributed by atoms with Gasteiger partial charge in [-0.05, 0) is 76.6 Å². The van der Waals surface area contributed by atoms with Gasteiger partial charge in [0.2, 0.25) is 11.8 Å². The molecule has 8 nitrogen and oxygen atoms in total. The minimum Gasteiger partial charge on any atom is -0.466 e. The van der Waals surface area contributed by atoms with Gasteiger partial charge in [-0.15, -0.1) is 0 Å². The van der Waals surface area contributed by atoms with Crippen LogP contribution in [0.15, 0.2) is 36.4 Å². The standard InChI is InChI=1S/C29H43N3O5/c1-5-20-12-17-23-25(24(20)29(36)37-8-4)28(35)32(18-10-9-11-19-33)26(23)27(34)30-21-13-15-22(16-14-21)31(6-2)7-3/h12-17,20,23-26,33H,5-11,18-19H2,1-4H3,(H,30,34)/t20-,23+,24-,25+,26+/m1/s1. The van der Waals surface area contributed by atoms with Crippen molar-refractivity contribution in [3.63, 3.8) is 0 Å². The van der Waals surface area contributed by atoms with Crippen LogP contribution < -0.4 is 10.2 Å². The van der Waals surface area contributed by atoms with Crippen molar-refractivity contribution in [2.24, 2.45) is 23.7 Å². The van der Waals surface area contributed by atoms with Gasteiger partial charge in [0, 0.05) is 43.5 Å². The number of aliphatic hydroxyl groups is 1. The molecule has 0 unspecified atom stereocenters. The molecule has 0 bridgehead atoms. The van der Waals surface area contributed by atoms with Gasteiger partial charge >= 0.3 is 5.97 Å². The first-order chi connectivity index (χ1) is 17.9. The van der Waals surface area contributed by atoms with Gasteiger partial charge in [-0.3, -0.25) is 14.4 Å². The number of ether oxygens (including phenoxy) is 1. The summed E-state index contributed by atoms with van der Waals surface area (Å²) in [5, 5.41) is 12.2. The van der Waals surface area contributed by atoms with Gasteiger partial charge in [0.25, 0.3) is 0 Å². The van der Waals surface area contributed by atoms with E-state index in [1.165, 1.54) is 0 Å². The monoisotopic (exact) mass is 513 g/mol. The van der Waals surface area contributed by atoms with E-state index in [2.05, 4.69) is 24.1 Å². The predicted molar refractivity (Wildman–Crippen MR) is 145 cm³/mol. The highest BCUT2D eigenvalue weighted by molar-refractivity contribution is 6.01. The average Bonchev–Trinajstić information content (AvgIpc) is 3.19. The fraction of sp³-hybridized carbons (Fsp3) is 0.621. The van der Waals surface area contributed by atoms with E-state index in [4.69, 9.17) is 9.84 Å². The molecule has 37 heavy (non-hydrogen) atoms. The van der Waals surface area contributed by atoms with Gasteiger partial charge in [-0.1, -0.05) is 19.1 Å². The van der Waals surface area contributed by atoms with Crippen LogP contribution in [0.2, 0.25) is 0 Å². The van der Waals surface area contributed by atoms with E-state index >= 15 is 0 Å². The van der Waals surface area contributed by atoms with E-state index in [9.17, 15) is 14.4 Å². The highest BCUT2D eigenvalue weighted by atomic mass is 16.5. The van der Waals surface area contributed by atoms with Crippen molar-refractivity contribution in [3.8, 4) is 0 Å². The third kappa shape index (κ3) is 6.35. The zero-order chi connectivity index (χ0) is 26.9. The molecule has 0 spiro atoms. The second-order valence-corrected chi connectivity index (χ2v) is 9.81. The molecule has 204 valence electrons. The molecule has 2 aliphatic rings. The Labute approximate surface area is 221 Å². The molecule has 2 amide bonds. The highest BCUT2D eigenvalue weighted by Gasteiger charge is 2.57. The molecule has 1 aromatic carbocycles. The van der Waals surface area contributed by atoms with Crippen molar-refractivity contribution < 1.29 is 24.2 Å². The van der Waals surface area contributed by atoms with Crippen molar-refractivity contribution in [2.75, 3.05) is 43.1 Å². The van der Waals surface area contributed by atoms with Gasteiger partial charge in [0.1, 0.15) is 6.04 Å². The van der Waals surface area contributed by atoms with Crippen LogP contribution in [0.4, 0.5) is 11.4 Å². The number of rotatable bonds is 13. The number of hydrogen-bond donors (Lipinski definition) is 2. The minimum absolute atomic E-state index is 0.0957. The number of likely N-dealkylation sites (tertiary alicyclic amines) is 1. The number of hydrogen-bond acceptors (Lipinski definition) is 6. The molecule has 2 N–H and O–H groups in total. The van der Waals surface area contributed by atoms with Crippen molar-refractivity contribution in [2.45, 2.75) is 59.4 Å². The first kappa shape index (κ1) is 28.7. The number of nitrogens with zero attached hydrogens (tertiary/aromatic N) is 2. The van der Waals surface area contributed by atoms with E-state index in [1.54, 1.807) is 11.8 Å². The number of allylic oxidation sites excluding steroid dienone is 1. The summed E-state index contributed by atoms with van der Waals surface area (Å²) in [6.07, 6.45) is 6.75. The topological polar surface area (TPSA) is 99.2 Å². The Morgan fingerprint density at radius 3 is 2.32 bits per heavy atom. The van der Waals surface area contributed by atoms with Gasteiger partial charge in [0.05, 0.1) is 18.4 Å². The number of unbranched alkanes of at least 4 members (excludes halogenated alkanes) is 2. The number of benzene rings is 1. The number of fused-ring (bicyclic) bond motifs is 1. The molecule has 0 radical (unpaired) electrons. The largest absolute Gasteiger partial charge is 0.466 e. The Morgan fingerprint density at radius 2 is 1.73 bits per heavy atom. The van der Waals surface area contributed by atoms with Crippen molar-refractivity contribution in [1.29, 1.82) is 0 Å². The van der Waals surface area contributed by atoms with Crippen molar-refractivity contribution in [3.05, 3.63) is 36.4 Å². The van der Waals surface area contributed by atoms with Crippen molar-refractivity contribution >= 4 is 29.2 Å². The van der Waals surface area contributed by atoms with Crippen LogP contribution in [0.5, 0.6) is 0 Å². The zero-order valence-corrected chi connectivity index (χ0v) is 22.7. The van der Waals surface area contributed by atoms with Gasteiger partial charge < -0.3 is 25.0 Å². The summed E-state index contributed by atoms with van der Waals surface area (Å²) in [6.45, 7) is 10.5. The van der Waals surface area contributed by atoms with E-state index < -0.39 is 23.8 Å². The maximum atomic E-state index is 13.8. The number of aliphatic hydroxyl groups excluding tert-OH is 1. The van der Waals surface area contributed by atoms with Gasteiger partial charge in [-0.2, -0.15) is 0 Å². The van der Waals surface area contributed by atoms with Gasteiger partial charge in [0.15, 0.2) is 0 Å². The molecule has 0 aromatic heterocycles. The Balaban J connectivity index is 1.88.